The lowest BCUT2D eigenvalue weighted by molar-refractivity contribution is -0.126. The second kappa shape index (κ2) is 11.2. The molecule has 0 saturated heterocycles. The van der Waals surface area contributed by atoms with Gasteiger partial charge in [-0.05, 0) is 63.5 Å². The first-order chi connectivity index (χ1) is 19.0. The predicted molar refractivity (Wildman–Crippen MR) is 138 cm³/mol. The Hall–Kier alpha value is -3.48. The zero-order chi connectivity index (χ0) is 28.6. The van der Waals surface area contributed by atoms with Gasteiger partial charge in [-0.15, -0.1) is 0 Å². The molecule has 0 spiro atoms. The second-order valence-corrected chi connectivity index (χ2v) is 11.3. The van der Waals surface area contributed by atoms with E-state index in [-0.39, 0.29) is 61.8 Å². The molecule has 0 unspecified atom stereocenters. The summed E-state index contributed by atoms with van der Waals surface area (Å²) >= 11 is 0. The van der Waals surface area contributed by atoms with E-state index in [9.17, 15) is 27.9 Å². The lowest BCUT2D eigenvalue weighted by atomic mass is 9.81. The van der Waals surface area contributed by atoms with Crippen LogP contribution in [-0.4, -0.2) is 53.4 Å². The number of halogens is 3. The normalized spacial score (nSPS) is 22.6. The highest BCUT2D eigenvalue weighted by atomic mass is 19.3. The quantitative estimate of drug-likeness (QED) is 0.339. The summed E-state index contributed by atoms with van der Waals surface area (Å²) in [7, 11) is 0. The van der Waals surface area contributed by atoms with Gasteiger partial charge in [-0.25, -0.2) is 22.7 Å². The van der Waals surface area contributed by atoms with Crippen molar-refractivity contribution in [1.82, 2.24) is 35.0 Å². The first-order valence-corrected chi connectivity index (χ1v) is 13.7. The molecule has 2 fully saturated rings. The Labute approximate surface area is 229 Å². The number of hydrogen-bond donors (Lipinski definition) is 3. The molecule has 2 atom stereocenters. The predicted octanol–water partition coefficient (Wildman–Crippen LogP) is 4.05. The van der Waals surface area contributed by atoms with Gasteiger partial charge in [0.05, 0.1) is 24.1 Å². The maximum Gasteiger partial charge on any atom is 0.270 e. The molecular formula is C27H34F3N7O3. The Kier molecular flexibility index (Phi) is 7.85. The molecule has 5 rings (SSSR count). The fraction of sp³-hybridized carbons (Fsp3) is 0.593. The lowest BCUT2D eigenvalue weighted by Crippen LogP contribution is -2.38. The maximum absolute atomic E-state index is 14.0. The summed E-state index contributed by atoms with van der Waals surface area (Å²) in [5.74, 6) is -3.80. The Bertz CT molecular complexity index is 1360. The highest BCUT2D eigenvalue weighted by Crippen LogP contribution is 2.41. The third-order valence-electron chi connectivity index (χ3n) is 7.86. The Morgan fingerprint density at radius 2 is 1.90 bits per heavy atom. The zero-order valence-corrected chi connectivity index (χ0v) is 22.4. The fourth-order valence-corrected chi connectivity index (χ4v) is 5.54. The average Bonchev–Trinajstić information content (AvgIpc) is 3.53. The number of carbonyl (C=O) groups excluding carboxylic acids is 2. The van der Waals surface area contributed by atoms with E-state index in [0.29, 0.717) is 35.4 Å². The lowest BCUT2D eigenvalue weighted by Gasteiger charge is -2.33. The number of aromatic nitrogens is 5. The number of nitrogens with zero attached hydrogens (tertiary/aromatic N) is 5. The van der Waals surface area contributed by atoms with Crippen LogP contribution in [0.3, 0.4) is 0 Å². The van der Waals surface area contributed by atoms with Crippen LogP contribution in [0.25, 0.3) is 5.65 Å². The zero-order valence-electron chi connectivity index (χ0n) is 22.4. The van der Waals surface area contributed by atoms with Crippen LogP contribution in [0.1, 0.15) is 98.9 Å². The van der Waals surface area contributed by atoms with E-state index in [1.807, 2.05) is 13.8 Å². The molecule has 0 radical (unpaired) electrons. The molecule has 3 heterocycles. The number of hydrogen-bond acceptors (Lipinski definition) is 6. The van der Waals surface area contributed by atoms with Crippen LogP contribution < -0.4 is 10.6 Å². The summed E-state index contributed by atoms with van der Waals surface area (Å²) in [6.45, 7) is 3.80. The van der Waals surface area contributed by atoms with Crippen LogP contribution >= 0.6 is 0 Å². The van der Waals surface area contributed by atoms with Gasteiger partial charge >= 0.3 is 0 Å². The average molecular weight is 562 g/mol. The molecule has 3 aromatic rings. The number of carbonyl (C=O) groups is 2. The van der Waals surface area contributed by atoms with Crippen molar-refractivity contribution in [2.45, 2.75) is 89.2 Å². The fourth-order valence-electron chi connectivity index (χ4n) is 5.54. The molecular weight excluding hydrogens is 527 g/mol. The minimum Gasteiger partial charge on any atom is -0.369 e. The van der Waals surface area contributed by atoms with E-state index in [1.165, 1.54) is 16.9 Å². The SMILES string of the molecule is CC(C)n1nccc1C(=O)N[C@H](c1cn2ncc([C@@H](O)NC(=O)CC3CC(F)C3)cc2n1)C1CCC(F)(F)CC1. The van der Waals surface area contributed by atoms with Gasteiger partial charge in [0.25, 0.3) is 5.91 Å². The van der Waals surface area contributed by atoms with Crippen LogP contribution in [0.4, 0.5) is 13.2 Å². The molecule has 3 aromatic heterocycles. The van der Waals surface area contributed by atoms with E-state index in [4.69, 9.17) is 0 Å². The van der Waals surface area contributed by atoms with Crippen LogP contribution in [0, 0.1) is 11.8 Å². The number of fused-ring (bicyclic) bond motifs is 1. The summed E-state index contributed by atoms with van der Waals surface area (Å²) < 4.78 is 44.0. The third kappa shape index (κ3) is 6.13. The number of aliphatic hydroxyl groups is 1. The second-order valence-electron chi connectivity index (χ2n) is 11.3. The van der Waals surface area contributed by atoms with Crippen LogP contribution in [-0.2, 0) is 4.79 Å². The first kappa shape index (κ1) is 28.1. The van der Waals surface area contributed by atoms with Crippen molar-refractivity contribution >= 4 is 17.5 Å². The van der Waals surface area contributed by atoms with Gasteiger partial charge < -0.3 is 15.7 Å². The number of alkyl halides is 3. The van der Waals surface area contributed by atoms with Gasteiger partial charge in [0, 0.05) is 37.1 Å². The number of imidazole rings is 1. The molecule has 2 aliphatic carbocycles. The van der Waals surface area contributed by atoms with Gasteiger partial charge in [-0.2, -0.15) is 10.2 Å². The van der Waals surface area contributed by atoms with Crippen molar-refractivity contribution in [1.29, 1.82) is 0 Å². The first-order valence-electron chi connectivity index (χ1n) is 13.7. The van der Waals surface area contributed by atoms with Crippen molar-refractivity contribution < 1.29 is 27.9 Å². The third-order valence-corrected chi connectivity index (χ3v) is 7.86. The monoisotopic (exact) mass is 561 g/mol. The largest absolute Gasteiger partial charge is 0.369 e. The van der Waals surface area contributed by atoms with Crippen LogP contribution in [0.15, 0.2) is 30.7 Å². The highest BCUT2D eigenvalue weighted by Gasteiger charge is 2.39. The number of amides is 2. The molecule has 0 aromatic carbocycles. The summed E-state index contributed by atoms with van der Waals surface area (Å²) in [6, 6.07) is 2.46. The molecule has 13 heteroatoms. The van der Waals surface area contributed by atoms with Crippen LogP contribution in [0.2, 0.25) is 0 Å². The molecule has 2 aliphatic rings. The van der Waals surface area contributed by atoms with Crippen molar-refractivity contribution in [2.75, 3.05) is 0 Å². The molecule has 0 bridgehead atoms. The maximum atomic E-state index is 14.0. The van der Waals surface area contributed by atoms with E-state index < -0.39 is 24.4 Å². The molecule has 216 valence electrons. The van der Waals surface area contributed by atoms with Gasteiger partial charge in [0.2, 0.25) is 11.8 Å². The Morgan fingerprint density at radius 3 is 2.58 bits per heavy atom. The van der Waals surface area contributed by atoms with Gasteiger partial charge in [-0.3, -0.25) is 14.3 Å². The van der Waals surface area contributed by atoms with E-state index in [2.05, 4.69) is 25.8 Å². The topological polar surface area (TPSA) is 126 Å². The van der Waals surface area contributed by atoms with Crippen molar-refractivity contribution in [3.8, 4) is 0 Å². The van der Waals surface area contributed by atoms with E-state index in [0.717, 1.165) is 0 Å². The summed E-state index contributed by atoms with van der Waals surface area (Å²) in [5, 5.41) is 24.6. The standard InChI is InChI=1S/C27H34F3N7O3/c1-15(2)37-21(5-8-31-37)26(40)35-24(17-3-6-27(29,30)7-4-17)20-14-36-22(33-20)12-18(13-32-36)25(39)34-23(38)11-16-9-19(28)10-16/h5,8,12-17,19,24-25,39H,3-4,6-7,9-11H2,1-2H3,(H,34,38)(H,35,40)/t16?,19?,24-,25+/m0/s1. The minimum absolute atomic E-state index is 0.0243. The number of nitrogens with one attached hydrogen (secondary N) is 2. The van der Waals surface area contributed by atoms with Crippen molar-refractivity contribution in [3.63, 3.8) is 0 Å². The van der Waals surface area contributed by atoms with Crippen molar-refractivity contribution in [3.05, 3.63) is 47.7 Å². The Balaban J connectivity index is 1.36. The van der Waals surface area contributed by atoms with E-state index in [1.54, 1.807) is 23.0 Å². The van der Waals surface area contributed by atoms with Crippen molar-refractivity contribution in [2.24, 2.45) is 11.8 Å². The van der Waals surface area contributed by atoms with Crippen LogP contribution in [0.5, 0.6) is 0 Å². The molecule has 0 aliphatic heterocycles. The molecule has 2 amide bonds. The molecule has 10 nitrogen and oxygen atoms in total. The summed E-state index contributed by atoms with van der Waals surface area (Å²) in [5.41, 5.74) is 1.46. The number of rotatable bonds is 9. The van der Waals surface area contributed by atoms with Gasteiger partial charge in [0.15, 0.2) is 11.9 Å². The highest BCUT2D eigenvalue weighted by molar-refractivity contribution is 5.92. The minimum atomic E-state index is -2.73. The molecule has 40 heavy (non-hydrogen) atoms. The van der Waals surface area contributed by atoms with E-state index >= 15 is 0 Å². The Morgan fingerprint density at radius 1 is 1.18 bits per heavy atom. The summed E-state index contributed by atoms with van der Waals surface area (Å²) in [6.07, 6.45) is 3.07. The van der Waals surface area contributed by atoms with Gasteiger partial charge in [0.1, 0.15) is 11.9 Å². The van der Waals surface area contributed by atoms with Gasteiger partial charge in [-0.1, -0.05) is 0 Å². The summed E-state index contributed by atoms with van der Waals surface area (Å²) in [4.78, 5) is 30.2. The number of aliphatic hydroxyl groups excluding tert-OH is 1. The smallest absolute Gasteiger partial charge is 0.270 e. The molecule has 3 N–H and O–H groups in total. The molecule has 2 saturated carbocycles.